The Bertz CT molecular complexity index is 560. The summed E-state index contributed by atoms with van der Waals surface area (Å²) >= 11 is 3.54. The normalized spacial score (nSPS) is 12.7. The van der Waals surface area contributed by atoms with Crippen LogP contribution in [0.5, 0.6) is 0 Å². The molecule has 0 amide bonds. The van der Waals surface area contributed by atoms with E-state index in [1.165, 1.54) is 0 Å². The zero-order valence-corrected chi connectivity index (χ0v) is 12.4. The fraction of sp³-hybridized carbons (Fsp3) is 0.385. The minimum absolute atomic E-state index is 0.105. The molecule has 0 aliphatic heterocycles. The summed E-state index contributed by atoms with van der Waals surface area (Å²) in [7, 11) is 0. The SMILES string of the molecule is Cc1nn(-c2ncccc2CC(C)N)c(C)c1Br. The molecule has 0 aliphatic rings. The third-order valence-electron chi connectivity index (χ3n) is 2.81. The molecule has 0 bridgehead atoms. The maximum atomic E-state index is 5.88. The molecular weight excluding hydrogens is 292 g/mol. The van der Waals surface area contributed by atoms with Crippen LogP contribution in [0.1, 0.15) is 23.9 Å². The Hall–Kier alpha value is -1.20. The van der Waals surface area contributed by atoms with Crippen molar-refractivity contribution < 1.29 is 0 Å². The topological polar surface area (TPSA) is 56.7 Å². The van der Waals surface area contributed by atoms with Crippen molar-refractivity contribution in [3.63, 3.8) is 0 Å². The standard InChI is InChI=1S/C13H17BrN4/c1-8(15)7-11-5-4-6-16-13(11)18-10(3)12(14)9(2)17-18/h4-6,8H,7,15H2,1-3H3. The molecule has 0 saturated carbocycles. The maximum Gasteiger partial charge on any atom is 0.156 e. The smallest absolute Gasteiger partial charge is 0.156 e. The molecule has 4 nitrogen and oxygen atoms in total. The number of aromatic nitrogens is 3. The van der Waals surface area contributed by atoms with E-state index < -0.39 is 0 Å². The van der Waals surface area contributed by atoms with E-state index in [0.717, 1.165) is 33.7 Å². The second kappa shape index (κ2) is 5.20. The monoisotopic (exact) mass is 308 g/mol. The Balaban J connectivity index is 2.53. The van der Waals surface area contributed by atoms with Gasteiger partial charge in [-0.2, -0.15) is 5.10 Å². The predicted molar refractivity (Wildman–Crippen MR) is 75.9 cm³/mol. The molecule has 0 saturated heterocycles. The van der Waals surface area contributed by atoms with Crippen LogP contribution in [0.15, 0.2) is 22.8 Å². The first kappa shape index (κ1) is 13.2. The molecule has 0 fully saturated rings. The van der Waals surface area contributed by atoms with E-state index in [4.69, 9.17) is 5.73 Å². The Morgan fingerprint density at radius 1 is 1.44 bits per heavy atom. The highest BCUT2D eigenvalue weighted by atomic mass is 79.9. The van der Waals surface area contributed by atoms with Crippen LogP contribution in [0, 0.1) is 13.8 Å². The van der Waals surface area contributed by atoms with Crippen molar-refractivity contribution in [2.24, 2.45) is 5.73 Å². The van der Waals surface area contributed by atoms with Gasteiger partial charge in [-0.05, 0) is 54.8 Å². The molecule has 0 aliphatic carbocycles. The Morgan fingerprint density at radius 3 is 2.72 bits per heavy atom. The van der Waals surface area contributed by atoms with Crippen LogP contribution in [-0.4, -0.2) is 20.8 Å². The molecule has 2 rings (SSSR count). The fourth-order valence-electron chi connectivity index (χ4n) is 1.96. The summed E-state index contributed by atoms with van der Waals surface area (Å²) in [6.45, 7) is 5.99. The van der Waals surface area contributed by atoms with Gasteiger partial charge in [0.25, 0.3) is 0 Å². The number of pyridine rings is 1. The summed E-state index contributed by atoms with van der Waals surface area (Å²) in [4.78, 5) is 4.44. The van der Waals surface area contributed by atoms with E-state index in [2.05, 4.69) is 32.1 Å². The summed E-state index contributed by atoms with van der Waals surface area (Å²) in [6.07, 6.45) is 2.57. The van der Waals surface area contributed by atoms with Gasteiger partial charge in [0.15, 0.2) is 5.82 Å². The first-order valence-electron chi connectivity index (χ1n) is 5.92. The molecule has 2 N–H and O–H groups in total. The first-order valence-corrected chi connectivity index (χ1v) is 6.71. The van der Waals surface area contributed by atoms with Crippen LogP contribution in [0.25, 0.3) is 5.82 Å². The van der Waals surface area contributed by atoms with Gasteiger partial charge in [-0.1, -0.05) is 6.07 Å². The van der Waals surface area contributed by atoms with E-state index >= 15 is 0 Å². The molecule has 0 aromatic carbocycles. The average Bonchev–Trinajstić information content (AvgIpc) is 2.57. The van der Waals surface area contributed by atoms with E-state index in [1.807, 2.05) is 31.5 Å². The fourth-order valence-corrected chi connectivity index (χ4v) is 2.20. The minimum atomic E-state index is 0.105. The van der Waals surface area contributed by atoms with Crippen LogP contribution in [0.4, 0.5) is 0 Å². The molecule has 1 atom stereocenters. The van der Waals surface area contributed by atoms with Gasteiger partial charge in [-0.3, -0.25) is 0 Å². The summed E-state index contributed by atoms with van der Waals surface area (Å²) < 4.78 is 2.90. The number of hydrogen-bond acceptors (Lipinski definition) is 3. The molecule has 0 spiro atoms. The van der Waals surface area contributed by atoms with Gasteiger partial charge in [0.1, 0.15) is 0 Å². The Morgan fingerprint density at radius 2 is 2.17 bits per heavy atom. The highest BCUT2D eigenvalue weighted by molar-refractivity contribution is 9.10. The lowest BCUT2D eigenvalue weighted by Gasteiger charge is -2.11. The lowest BCUT2D eigenvalue weighted by atomic mass is 10.1. The third kappa shape index (κ3) is 2.47. The second-order valence-electron chi connectivity index (χ2n) is 4.56. The van der Waals surface area contributed by atoms with Crippen molar-refractivity contribution in [1.29, 1.82) is 0 Å². The maximum absolute atomic E-state index is 5.88. The van der Waals surface area contributed by atoms with Crippen molar-refractivity contribution in [2.45, 2.75) is 33.2 Å². The van der Waals surface area contributed by atoms with Gasteiger partial charge < -0.3 is 5.73 Å². The minimum Gasteiger partial charge on any atom is -0.328 e. The molecule has 2 aromatic heterocycles. The van der Waals surface area contributed by atoms with Crippen molar-refractivity contribution in [3.8, 4) is 5.82 Å². The van der Waals surface area contributed by atoms with Crippen LogP contribution >= 0.6 is 15.9 Å². The number of nitrogens with two attached hydrogens (primary N) is 1. The molecule has 2 heterocycles. The largest absolute Gasteiger partial charge is 0.328 e. The Kier molecular flexibility index (Phi) is 3.82. The summed E-state index contributed by atoms with van der Waals surface area (Å²) in [6, 6.07) is 4.09. The van der Waals surface area contributed by atoms with Crippen LogP contribution < -0.4 is 5.73 Å². The number of rotatable bonds is 3. The third-order valence-corrected chi connectivity index (χ3v) is 3.96. The van der Waals surface area contributed by atoms with Crippen LogP contribution in [0.2, 0.25) is 0 Å². The van der Waals surface area contributed by atoms with Gasteiger partial charge in [-0.25, -0.2) is 9.67 Å². The zero-order chi connectivity index (χ0) is 13.3. The number of aryl methyl sites for hydroxylation is 1. The quantitative estimate of drug-likeness (QED) is 0.948. The summed E-state index contributed by atoms with van der Waals surface area (Å²) in [5.74, 6) is 0.862. The highest BCUT2D eigenvalue weighted by Gasteiger charge is 2.14. The van der Waals surface area contributed by atoms with E-state index in [-0.39, 0.29) is 6.04 Å². The van der Waals surface area contributed by atoms with Gasteiger partial charge in [-0.15, -0.1) is 0 Å². The molecule has 18 heavy (non-hydrogen) atoms. The van der Waals surface area contributed by atoms with Crippen LogP contribution in [0.3, 0.4) is 0 Å². The van der Waals surface area contributed by atoms with Gasteiger partial charge in [0.2, 0.25) is 0 Å². The highest BCUT2D eigenvalue weighted by Crippen LogP contribution is 2.23. The molecule has 96 valence electrons. The Labute approximate surface area is 115 Å². The molecular formula is C13H17BrN4. The molecule has 2 aromatic rings. The van der Waals surface area contributed by atoms with Gasteiger partial charge >= 0.3 is 0 Å². The number of nitrogens with zero attached hydrogens (tertiary/aromatic N) is 3. The molecule has 1 unspecified atom stereocenters. The van der Waals surface area contributed by atoms with Gasteiger partial charge in [0.05, 0.1) is 15.9 Å². The van der Waals surface area contributed by atoms with E-state index in [0.29, 0.717) is 0 Å². The number of halogens is 1. The van der Waals surface area contributed by atoms with Crippen molar-refractivity contribution >= 4 is 15.9 Å². The van der Waals surface area contributed by atoms with Crippen LogP contribution in [-0.2, 0) is 6.42 Å². The van der Waals surface area contributed by atoms with Crippen molar-refractivity contribution in [2.75, 3.05) is 0 Å². The lowest BCUT2D eigenvalue weighted by molar-refractivity contribution is 0.714. The van der Waals surface area contributed by atoms with Crippen molar-refractivity contribution in [1.82, 2.24) is 14.8 Å². The van der Waals surface area contributed by atoms with E-state index in [9.17, 15) is 0 Å². The zero-order valence-electron chi connectivity index (χ0n) is 10.8. The lowest BCUT2D eigenvalue weighted by Crippen LogP contribution is -2.19. The first-order chi connectivity index (χ1) is 8.50. The molecule has 5 heteroatoms. The summed E-state index contributed by atoms with van der Waals surface area (Å²) in [5, 5.41) is 4.51. The summed E-state index contributed by atoms with van der Waals surface area (Å²) in [5.41, 5.74) is 9.01. The predicted octanol–water partition coefficient (Wildman–Crippen LogP) is 2.54. The van der Waals surface area contributed by atoms with Gasteiger partial charge in [0, 0.05) is 12.2 Å². The average molecular weight is 309 g/mol. The molecule has 0 radical (unpaired) electrons. The second-order valence-corrected chi connectivity index (χ2v) is 5.36. The van der Waals surface area contributed by atoms with E-state index in [1.54, 1.807) is 6.20 Å². The number of hydrogen-bond donors (Lipinski definition) is 1. The van der Waals surface area contributed by atoms with Crippen molar-refractivity contribution in [3.05, 3.63) is 39.8 Å².